The van der Waals surface area contributed by atoms with E-state index in [0.717, 1.165) is 11.1 Å². The molecule has 14 nitrogen and oxygen atoms in total. The van der Waals surface area contributed by atoms with Crippen molar-refractivity contribution >= 4 is 74.6 Å². The van der Waals surface area contributed by atoms with Gasteiger partial charge in [0.25, 0.3) is 0 Å². The minimum absolute atomic E-state index is 0. The summed E-state index contributed by atoms with van der Waals surface area (Å²) in [6.45, 7) is 3.90. The van der Waals surface area contributed by atoms with E-state index in [9.17, 15) is 25.6 Å². The van der Waals surface area contributed by atoms with Gasteiger partial charge in [-0.05, 0) is 96.8 Å². The van der Waals surface area contributed by atoms with Gasteiger partial charge >= 0.3 is 0 Å². The van der Waals surface area contributed by atoms with E-state index < -0.39 is 19.7 Å². The Kier molecular flexibility index (Phi) is 17.7. The zero-order chi connectivity index (χ0) is 52.3. The molecular formula is C55H49Cl2F2N6O8PS2. The van der Waals surface area contributed by atoms with Crippen LogP contribution in [-0.2, 0) is 44.0 Å². The number of aryl methyl sites for hydroxylation is 2. The van der Waals surface area contributed by atoms with Crippen LogP contribution in [0.4, 0.5) is 8.78 Å². The summed E-state index contributed by atoms with van der Waals surface area (Å²) in [4.78, 5) is 0.192. The Bertz CT molecular complexity index is 3710. The Labute approximate surface area is 450 Å². The second-order valence-corrected chi connectivity index (χ2v) is 21.5. The highest BCUT2D eigenvalue weighted by atomic mass is 35.5. The van der Waals surface area contributed by atoms with Crippen molar-refractivity contribution in [1.82, 2.24) is 30.7 Å². The second-order valence-electron chi connectivity index (χ2n) is 16.7. The Balaban J connectivity index is 0.000000216. The molecule has 1 unspecified atom stereocenters. The van der Waals surface area contributed by atoms with Crippen LogP contribution in [0.15, 0.2) is 153 Å². The van der Waals surface area contributed by atoms with Gasteiger partial charge in [0, 0.05) is 66.3 Å². The van der Waals surface area contributed by atoms with Crippen LogP contribution in [0.3, 0.4) is 0 Å². The monoisotopic (exact) mass is 1120 g/mol. The van der Waals surface area contributed by atoms with Gasteiger partial charge in [-0.15, -0.1) is 0 Å². The number of sulfone groups is 2. The standard InChI is InChI=1S/2C27H21ClFN3O4S.CH4.H3P/c2*1-3-24-27(22-13-23(28)21(14-26(22)35-2)16-5-4-6-17(29)11-16)20-8-7-19(12-25(20)31-30-24)37(33,34)15-18-9-10-36-32-18;;/h2*4-14H,3,15H2,1-2H3;1H4;1H3. The third-order valence-electron chi connectivity index (χ3n) is 12.0. The summed E-state index contributed by atoms with van der Waals surface area (Å²) in [5, 5.41) is 26.9. The molecule has 0 amide bonds. The molecule has 0 aliphatic rings. The number of benzene rings is 6. The summed E-state index contributed by atoms with van der Waals surface area (Å²) in [6.07, 6.45) is 3.79. The molecule has 0 saturated carbocycles. The average molecular weight is 1130 g/mol. The van der Waals surface area contributed by atoms with Crippen LogP contribution in [-0.4, -0.2) is 61.8 Å². The highest BCUT2D eigenvalue weighted by Crippen LogP contribution is 2.45. The Morgan fingerprint density at radius 3 is 1.28 bits per heavy atom. The first-order valence-electron chi connectivity index (χ1n) is 22.7. The van der Waals surface area contributed by atoms with E-state index in [1.807, 2.05) is 13.8 Å². The molecule has 0 spiro atoms. The molecule has 4 aromatic heterocycles. The SMILES string of the molecule is C.CCc1nnc2cc(S(=O)(=O)Cc3ccon3)ccc2c1-c1cc(Cl)c(-c2cccc(F)c2)cc1OC.CCc1nnc2cc(S(=O)(=O)Cc3ccon3)ccc2c1-c1cc(Cl)c(-c2cccc(F)c2)cc1OC.P. The Hall–Kier alpha value is -7.21. The minimum atomic E-state index is -3.69. The number of hydrogen-bond acceptors (Lipinski definition) is 14. The van der Waals surface area contributed by atoms with Gasteiger partial charge in [0.1, 0.15) is 47.2 Å². The van der Waals surface area contributed by atoms with Gasteiger partial charge in [0.05, 0.1) is 57.8 Å². The molecule has 4 heterocycles. The lowest BCUT2D eigenvalue weighted by atomic mass is 9.94. The largest absolute Gasteiger partial charge is 0.496 e. The number of halogens is 4. The lowest BCUT2D eigenvalue weighted by Gasteiger charge is -2.17. The fourth-order valence-corrected chi connectivity index (χ4v) is 11.6. The first-order valence-corrected chi connectivity index (χ1v) is 26.8. The van der Waals surface area contributed by atoms with Crippen LogP contribution >= 0.6 is 33.1 Å². The van der Waals surface area contributed by atoms with E-state index in [-0.39, 0.29) is 50.3 Å². The van der Waals surface area contributed by atoms with Gasteiger partial charge in [-0.3, -0.25) is 0 Å². The van der Waals surface area contributed by atoms with Crippen LogP contribution in [0.25, 0.3) is 66.3 Å². The molecule has 0 bridgehead atoms. The molecule has 21 heteroatoms. The number of ether oxygens (including phenoxy) is 2. The topological polar surface area (TPSA) is 190 Å². The van der Waals surface area contributed by atoms with E-state index in [0.29, 0.717) is 112 Å². The molecule has 76 heavy (non-hydrogen) atoms. The number of hydrogen-bond donors (Lipinski definition) is 0. The van der Waals surface area contributed by atoms with Gasteiger partial charge < -0.3 is 18.5 Å². The normalized spacial score (nSPS) is 11.4. The molecular weight excluding hydrogens is 1080 g/mol. The predicted octanol–water partition coefficient (Wildman–Crippen LogP) is 13.3. The lowest BCUT2D eigenvalue weighted by Crippen LogP contribution is -2.06. The van der Waals surface area contributed by atoms with Gasteiger partial charge in [0.2, 0.25) is 0 Å². The molecule has 0 aliphatic heterocycles. The summed E-state index contributed by atoms with van der Waals surface area (Å²) >= 11 is 13.4. The minimum Gasteiger partial charge on any atom is -0.496 e. The maximum atomic E-state index is 13.9. The van der Waals surface area contributed by atoms with E-state index in [1.54, 1.807) is 74.9 Å². The molecule has 1 atom stereocenters. The Morgan fingerprint density at radius 1 is 0.526 bits per heavy atom. The number of rotatable bonds is 14. The van der Waals surface area contributed by atoms with Crippen molar-refractivity contribution in [1.29, 1.82) is 0 Å². The van der Waals surface area contributed by atoms with Crippen LogP contribution in [0.2, 0.25) is 10.0 Å². The van der Waals surface area contributed by atoms with Crippen molar-refractivity contribution < 1.29 is 44.1 Å². The molecule has 0 saturated heterocycles. The lowest BCUT2D eigenvalue weighted by molar-refractivity contribution is 0.413. The van der Waals surface area contributed by atoms with Crippen LogP contribution in [0, 0.1) is 11.6 Å². The van der Waals surface area contributed by atoms with Gasteiger partial charge in [-0.2, -0.15) is 30.3 Å². The maximum absolute atomic E-state index is 13.9. The summed E-state index contributed by atoms with van der Waals surface area (Å²) in [5.41, 5.74) is 8.09. The zero-order valence-electron chi connectivity index (χ0n) is 40.5. The Morgan fingerprint density at radius 2 is 0.934 bits per heavy atom. The smallest absolute Gasteiger partial charge is 0.184 e. The fourth-order valence-electron chi connectivity index (χ4n) is 8.50. The van der Waals surface area contributed by atoms with E-state index in [1.165, 1.54) is 73.2 Å². The third-order valence-corrected chi connectivity index (χ3v) is 16.0. The molecule has 0 fully saturated rings. The highest BCUT2D eigenvalue weighted by Gasteiger charge is 2.25. The van der Waals surface area contributed by atoms with Crippen molar-refractivity contribution in [3.05, 3.63) is 178 Å². The van der Waals surface area contributed by atoms with Gasteiger partial charge in [0.15, 0.2) is 19.7 Å². The molecule has 10 rings (SSSR count). The van der Waals surface area contributed by atoms with Gasteiger partial charge in [-0.1, -0.05) is 91.2 Å². The molecule has 392 valence electrons. The zero-order valence-corrected chi connectivity index (χ0v) is 45.1. The number of fused-ring (bicyclic) bond motifs is 2. The van der Waals surface area contributed by atoms with Crippen molar-refractivity contribution in [2.24, 2.45) is 0 Å². The summed E-state index contributed by atoms with van der Waals surface area (Å²) in [5.74, 6) is -0.321. The molecule has 10 aromatic rings. The van der Waals surface area contributed by atoms with E-state index in [4.69, 9.17) is 41.7 Å². The fraction of sp³-hybridized carbons (Fsp3) is 0.164. The summed E-state index contributed by atoms with van der Waals surface area (Å²) < 4.78 is 101. The second kappa shape index (κ2) is 23.8. The van der Waals surface area contributed by atoms with Gasteiger partial charge in [-0.25, -0.2) is 25.6 Å². The van der Waals surface area contributed by atoms with Crippen molar-refractivity contribution in [2.45, 2.75) is 55.4 Å². The molecule has 6 aromatic carbocycles. The average Bonchev–Trinajstić information content (AvgIpc) is 4.12. The van der Waals surface area contributed by atoms with Crippen molar-refractivity contribution in [3.63, 3.8) is 0 Å². The molecule has 0 aliphatic carbocycles. The summed E-state index contributed by atoms with van der Waals surface area (Å²) in [6, 6.07) is 31.8. The highest BCUT2D eigenvalue weighted by molar-refractivity contribution is 7.91. The predicted molar refractivity (Wildman–Crippen MR) is 295 cm³/mol. The van der Waals surface area contributed by atoms with Crippen LogP contribution < -0.4 is 9.47 Å². The first kappa shape index (κ1) is 56.5. The molecule has 0 N–H and O–H groups in total. The van der Waals surface area contributed by atoms with Crippen molar-refractivity contribution in [3.8, 4) is 56.0 Å². The number of aromatic nitrogens is 6. The van der Waals surface area contributed by atoms with Crippen molar-refractivity contribution in [2.75, 3.05) is 14.2 Å². The first-order chi connectivity index (χ1) is 35.6. The van der Waals surface area contributed by atoms with E-state index >= 15 is 0 Å². The molecule has 0 radical (unpaired) electrons. The van der Waals surface area contributed by atoms with Crippen LogP contribution in [0.5, 0.6) is 11.5 Å². The number of nitrogens with zero attached hydrogens (tertiary/aromatic N) is 6. The number of methoxy groups -OCH3 is 2. The maximum Gasteiger partial charge on any atom is 0.184 e. The van der Waals surface area contributed by atoms with Crippen LogP contribution in [0.1, 0.15) is 44.0 Å². The summed E-state index contributed by atoms with van der Waals surface area (Å²) in [7, 11) is -4.31. The van der Waals surface area contributed by atoms with E-state index in [2.05, 4.69) is 30.7 Å². The quantitative estimate of drug-likeness (QED) is 0.0934. The third kappa shape index (κ3) is 11.8.